The zero-order valence-electron chi connectivity index (χ0n) is 11.0. The van der Waals surface area contributed by atoms with Gasteiger partial charge in [0.25, 0.3) is 0 Å². The van der Waals surface area contributed by atoms with Crippen LogP contribution < -0.4 is 5.73 Å². The van der Waals surface area contributed by atoms with Crippen molar-refractivity contribution < 1.29 is 9.53 Å². The van der Waals surface area contributed by atoms with Crippen LogP contribution in [0.2, 0.25) is 0 Å². The number of nitrogens with two attached hydrogens (primary N) is 1. The maximum atomic E-state index is 12.0. The number of carbonyl (C=O) groups excluding carboxylic acids is 1. The summed E-state index contributed by atoms with van der Waals surface area (Å²) in [6, 6.07) is 0. The quantitative estimate of drug-likeness (QED) is 0.738. The Labute approximate surface area is 98.7 Å². The molecule has 1 saturated carbocycles. The second-order valence-corrected chi connectivity index (χ2v) is 6.12. The van der Waals surface area contributed by atoms with E-state index in [2.05, 4.69) is 0 Å². The minimum absolute atomic E-state index is 0.257. The van der Waals surface area contributed by atoms with Crippen molar-refractivity contribution in [2.75, 3.05) is 0 Å². The second-order valence-electron chi connectivity index (χ2n) is 6.12. The average Bonchev–Trinajstić information content (AvgIpc) is 2.16. The molecule has 0 amide bonds. The highest BCUT2D eigenvalue weighted by atomic mass is 16.6. The van der Waals surface area contributed by atoms with Gasteiger partial charge in [0.15, 0.2) is 0 Å². The lowest BCUT2D eigenvalue weighted by Crippen LogP contribution is -2.54. The molecular weight excluding hydrogens is 202 g/mol. The number of esters is 1. The van der Waals surface area contributed by atoms with E-state index in [1.165, 1.54) is 19.3 Å². The van der Waals surface area contributed by atoms with Crippen molar-refractivity contribution in [3.8, 4) is 0 Å². The minimum Gasteiger partial charge on any atom is -0.459 e. The van der Waals surface area contributed by atoms with Crippen LogP contribution in [0.15, 0.2) is 0 Å². The Bertz CT molecular complexity index is 247. The van der Waals surface area contributed by atoms with Gasteiger partial charge in [-0.05, 0) is 46.5 Å². The monoisotopic (exact) mass is 227 g/mol. The van der Waals surface area contributed by atoms with Gasteiger partial charge in [0.2, 0.25) is 0 Å². The molecule has 0 aromatic heterocycles. The first-order valence-corrected chi connectivity index (χ1v) is 6.26. The largest absolute Gasteiger partial charge is 0.459 e. The van der Waals surface area contributed by atoms with E-state index in [-0.39, 0.29) is 11.9 Å². The molecule has 0 bridgehead atoms. The Morgan fingerprint density at radius 2 is 1.62 bits per heavy atom. The SMILES string of the molecule is CC(C)(C)OC(=O)[C@@](C)(N)C1CCCCC1. The van der Waals surface area contributed by atoms with Gasteiger partial charge >= 0.3 is 5.97 Å². The number of hydrogen-bond donors (Lipinski definition) is 1. The highest BCUT2D eigenvalue weighted by Gasteiger charge is 2.40. The van der Waals surface area contributed by atoms with Gasteiger partial charge in [-0.3, -0.25) is 4.79 Å². The fraction of sp³-hybridized carbons (Fsp3) is 0.923. The summed E-state index contributed by atoms with van der Waals surface area (Å²) >= 11 is 0. The van der Waals surface area contributed by atoms with E-state index >= 15 is 0 Å². The van der Waals surface area contributed by atoms with Gasteiger partial charge < -0.3 is 10.5 Å². The van der Waals surface area contributed by atoms with Crippen LogP contribution in [-0.2, 0) is 9.53 Å². The zero-order chi connectivity index (χ0) is 12.4. The third-order valence-corrected chi connectivity index (χ3v) is 3.29. The first-order chi connectivity index (χ1) is 7.23. The first kappa shape index (κ1) is 13.5. The summed E-state index contributed by atoms with van der Waals surface area (Å²) in [6.07, 6.45) is 5.72. The van der Waals surface area contributed by atoms with Gasteiger partial charge in [0.1, 0.15) is 11.1 Å². The molecule has 16 heavy (non-hydrogen) atoms. The van der Waals surface area contributed by atoms with Crippen LogP contribution in [0.3, 0.4) is 0 Å². The van der Waals surface area contributed by atoms with Crippen LogP contribution >= 0.6 is 0 Å². The lowest BCUT2D eigenvalue weighted by atomic mass is 9.76. The summed E-state index contributed by atoms with van der Waals surface area (Å²) in [5.41, 5.74) is 4.89. The highest BCUT2D eigenvalue weighted by Crippen LogP contribution is 2.32. The zero-order valence-corrected chi connectivity index (χ0v) is 11.0. The maximum Gasteiger partial charge on any atom is 0.326 e. The number of ether oxygens (including phenoxy) is 1. The predicted molar refractivity (Wildman–Crippen MR) is 65.0 cm³/mol. The van der Waals surface area contributed by atoms with Crippen molar-refractivity contribution in [2.45, 2.75) is 70.9 Å². The molecule has 2 N–H and O–H groups in total. The first-order valence-electron chi connectivity index (χ1n) is 6.26. The molecule has 1 rings (SSSR count). The molecule has 0 spiro atoms. The van der Waals surface area contributed by atoms with Gasteiger partial charge in [-0.15, -0.1) is 0 Å². The van der Waals surface area contributed by atoms with Crippen LogP contribution in [0.25, 0.3) is 0 Å². The molecule has 1 fully saturated rings. The van der Waals surface area contributed by atoms with Crippen molar-refractivity contribution >= 4 is 5.97 Å². The summed E-state index contributed by atoms with van der Waals surface area (Å²) < 4.78 is 5.39. The van der Waals surface area contributed by atoms with Crippen molar-refractivity contribution in [3.63, 3.8) is 0 Å². The van der Waals surface area contributed by atoms with E-state index in [9.17, 15) is 4.79 Å². The molecule has 1 atom stereocenters. The lowest BCUT2D eigenvalue weighted by Gasteiger charge is -2.36. The van der Waals surface area contributed by atoms with Crippen LogP contribution in [0, 0.1) is 5.92 Å². The lowest BCUT2D eigenvalue weighted by molar-refractivity contribution is -0.163. The van der Waals surface area contributed by atoms with E-state index in [1.54, 1.807) is 0 Å². The standard InChI is InChI=1S/C13H25NO2/c1-12(2,3)16-11(15)13(4,14)10-8-6-5-7-9-10/h10H,5-9,14H2,1-4H3/t13-/m0/s1. The topological polar surface area (TPSA) is 52.3 Å². The summed E-state index contributed by atoms with van der Waals surface area (Å²) in [6.45, 7) is 7.45. The number of carbonyl (C=O) groups is 1. The van der Waals surface area contributed by atoms with Gasteiger partial charge in [-0.1, -0.05) is 19.3 Å². The fourth-order valence-corrected chi connectivity index (χ4v) is 2.26. The summed E-state index contributed by atoms with van der Waals surface area (Å²) in [4.78, 5) is 12.0. The van der Waals surface area contributed by atoms with Crippen LogP contribution in [-0.4, -0.2) is 17.1 Å². The molecule has 1 aliphatic rings. The van der Waals surface area contributed by atoms with E-state index < -0.39 is 11.1 Å². The molecule has 1 aliphatic carbocycles. The molecule has 3 nitrogen and oxygen atoms in total. The minimum atomic E-state index is -0.826. The molecule has 0 aromatic carbocycles. The molecular formula is C13H25NO2. The normalized spacial score (nSPS) is 22.6. The Balaban J connectivity index is 2.64. The van der Waals surface area contributed by atoms with Gasteiger partial charge in [0, 0.05) is 0 Å². The van der Waals surface area contributed by atoms with Crippen molar-refractivity contribution in [1.29, 1.82) is 0 Å². The van der Waals surface area contributed by atoms with Crippen LogP contribution in [0.4, 0.5) is 0 Å². The number of hydrogen-bond acceptors (Lipinski definition) is 3. The third kappa shape index (κ3) is 3.48. The van der Waals surface area contributed by atoms with Gasteiger partial charge in [-0.25, -0.2) is 0 Å². The van der Waals surface area contributed by atoms with E-state index in [0.29, 0.717) is 0 Å². The Hall–Kier alpha value is -0.570. The van der Waals surface area contributed by atoms with E-state index in [1.807, 2.05) is 27.7 Å². The molecule has 0 heterocycles. The molecule has 0 unspecified atom stereocenters. The summed E-state index contributed by atoms with van der Waals surface area (Å²) in [7, 11) is 0. The van der Waals surface area contributed by atoms with Crippen LogP contribution in [0.5, 0.6) is 0 Å². The average molecular weight is 227 g/mol. The predicted octanol–water partition coefficient (Wildman–Crippen LogP) is 2.63. The number of rotatable bonds is 2. The van der Waals surface area contributed by atoms with Gasteiger partial charge in [-0.2, -0.15) is 0 Å². The van der Waals surface area contributed by atoms with Gasteiger partial charge in [0.05, 0.1) is 0 Å². The fourth-order valence-electron chi connectivity index (χ4n) is 2.26. The second kappa shape index (κ2) is 4.74. The smallest absolute Gasteiger partial charge is 0.326 e. The maximum absolute atomic E-state index is 12.0. The molecule has 0 aliphatic heterocycles. The summed E-state index contributed by atoms with van der Waals surface area (Å²) in [5.74, 6) is 0.0167. The molecule has 0 saturated heterocycles. The van der Waals surface area contributed by atoms with Crippen molar-refractivity contribution in [1.82, 2.24) is 0 Å². The summed E-state index contributed by atoms with van der Waals surface area (Å²) in [5, 5.41) is 0. The molecule has 94 valence electrons. The molecule has 3 heteroatoms. The Morgan fingerprint density at radius 1 is 1.12 bits per heavy atom. The highest BCUT2D eigenvalue weighted by molar-refractivity contribution is 5.80. The van der Waals surface area contributed by atoms with Crippen LogP contribution in [0.1, 0.15) is 59.8 Å². The third-order valence-electron chi connectivity index (χ3n) is 3.29. The molecule has 0 aromatic rings. The molecule has 0 radical (unpaired) electrons. The van der Waals surface area contributed by atoms with E-state index in [4.69, 9.17) is 10.5 Å². The van der Waals surface area contributed by atoms with E-state index in [0.717, 1.165) is 12.8 Å². The Morgan fingerprint density at radius 3 is 2.06 bits per heavy atom. The van der Waals surface area contributed by atoms with Crippen molar-refractivity contribution in [3.05, 3.63) is 0 Å². The van der Waals surface area contributed by atoms with Crippen molar-refractivity contribution in [2.24, 2.45) is 11.7 Å². The Kier molecular flexibility index (Phi) is 4.00.